The lowest BCUT2D eigenvalue weighted by Crippen LogP contribution is -2.66. The van der Waals surface area contributed by atoms with Crippen LogP contribution >= 0.6 is 11.6 Å². The van der Waals surface area contributed by atoms with Gasteiger partial charge >= 0.3 is 5.97 Å². The van der Waals surface area contributed by atoms with Crippen LogP contribution in [0.3, 0.4) is 0 Å². The third kappa shape index (κ3) is 4.91. The fourth-order valence-corrected chi connectivity index (χ4v) is 6.61. The van der Waals surface area contributed by atoms with E-state index in [1.807, 2.05) is 49.4 Å². The Balaban J connectivity index is 1.34. The third-order valence-electron chi connectivity index (χ3n) is 8.65. The molecule has 2 aromatic rings. The van der Waals surface area contributed by atoms with Crippen LogP contribution in [-0.2, 0) is 15.1 Å². The van der Waals surface area contributed by atoms with E-state index in [1.165, 1.54) is 6.42 Å². The summed E-state index contributed by atoms with van der Waals surface area (Å²) in [4.78, 5) is 29.4. The van der Waals surface area contributed by atoms with E-state index in [9.17, 15) is 9.59 Å². The Bertz CT molecular complexity index is 1060. The Hall–Kier alpha value is -2.21. The molecule has 2 bridgehead atoms. The maximum Gasteiger partial charge on any atom is 0.331 e. The molecule has 4 aliphatic rings. The van der Waals surface area contributed by atoms with Crippen molar-refractivity contribution in [3.05, 3.63) is 70.7 Å². The SMILES string of the molecule is C[C@@](C(=O)O[C@H]1C[N+]2(CC(=O)c3cccc(Cl)c3)CCC1CC2)(c1ccccc1)N1CCCCC1. The lowest BCUT2D eigenvalue weighted by atomic mass is 9.82. The molecule has 0 aromatic heterocycles. The largest absolute Gasteiger partial charge is 0.454 e. The number of ether oxygens (including phenoxy) is 1. The summed E-state index contributed by atoms with van der Waals surface area (Å²) in [7, 11) is 0. The monoisotopic (exact) mass is 495 g/mol. The van der Waals surface area contributed by atoms with E-state index in [0.717, 1.165) is 57.4 Å². The molecule has 2 aromatic carbocycles. The van der Waals surface area contributed by atoms with Crippen LogP contribution in [0.5, 0.6) is 0 Å². The van der Waals surface area contributed by atoms with Gasteiger partial charge < -0.3 is 9.22 Å². The lowest BCUT2D eigenvalue weighted by molar-refractivity contribution is -0.938. The smallest absolute Gasteiger partial charge is 0.331 e. The summed E-state index contributed by atoms with van der Waals surface area (Å²) in [5, 5.41) is 0.581. The Labute approximate surface area is 213 Å². The summed E-state index contributed by atoms with van der Waals surface area (Å²) >= 11 is 6.13. The van der Waals surface area contributed by atoms with Crippen LogP contribution < -0.4 is 0 Å². The van der Waals surface area contributed by atoms with Crippen molar-refractivity contribution in [3.63, 3.8) is 0 Å². The van der Waals surface area contributed by atoms with Gasteiger partial charge in [-0.1, -0.05) is 60.5 Å². The van der Waals surface area contributed by atoms with Crippen LogP contribution in [0.15, 0.2) is 54.6 Å². The highest BCUT2D eigenvalue weighted by Crippen LogP contribution is 2.39. The van der Waals surface area contributed by atoms with Crippen molar-refractivity contribution in [3.8, 4) is 0 Å². The van der Waals surface area contributed by atoms with Crippen LogP contribution in [0.25, 0.3) is 0 Å². The number of piperidine rings is 4. The van der Waals surface area contributed by atoms with Gasteiger partial charge in [0.1, 0.15) is 18.6 Å². The van der Waals surface area contributed by atoms with Gasteiger partial charge in [0.15, 0.2) is 6.10 Å². The fourth-order valence-electron chi connectivity index (χ4n) is 6.42. The number of hydrogen-bond donors (Lipinski definition) is 0. The number of hydrogen-bond acceptors (Lipinski definition) is 4. The van der Waals surface area contributed by atoms with Crippen molar-refractivity contribution in [2.45, 2.75) is 50.7 Å². The van der Waals surface area contributed by atoms with Crippen molar-refractivity contribution in [2.24, 2.45) is 5.92 Å². The molecule has 0 aliphatic carbocycles. The molecule has 6 heteroatoms. The van der Waals surface area contributed by atoms with Crippen LogP contribution in [0, 0.1) is 5.92 Å². The Morgan fingerprint density at radius 1 is 1.03 bits per heavy atom. The zero-order chi connectivity index (χ0) is 24.5. The number of carbonyl (C=O) groups excluding carboxylic acids is 2. The lowest BCUT2D eigenvalue weighted by Gasteiger charge is -2.52. The molecule has 0 N–H and O–H groups in total. The second kappa shape index (κ2) is 10.0. The molecule has 0 amide bonds. The molecule has 4 heterocycles. The molecule has 6 rings (SSSR count). The average molecular weight is 496 g/mol. The van der Waals surface area contributed by atoms with Gasteiger partial charge in [-0.15, -0.1) is 0 Å². The van der Waals surface area contributed by atoms with Gasteiger partial charge in [0.2, 0.25) is 5.78 Å². The van der Waals surface area contributed by atoms with Gasteiger partial charge in [0.05, 0.1) is 13.1 Å². The van der Waals surface area contributed by atoms with Crippen molar-refractivity contribution in [1.82, 2.24) is 4.90 Å². The van der Waals surface area contributed by atoms with Crippen molar-refractivity contribution in [2.75, 3.05) is 39.3 Å². The molecule has 0 saturated carbocycles. The predicted molar refractivity (Wildman–Crippen MR) is 137 cm³/mol. The number of ketones is 1. The second-order valence-electron chi connectivity index (χ2n) is 10.8. The molecular weight excluding hydrogens is 460 g/mol. The molecule has 4 saturated heterocycles. The van der Waals surface area contributed by atoms with Gasteiger partial charge in [0, 0.05) is 29.3 Å². The van der Waals surface area contributed by atoms with Gasteiger partial charge in [-0.2, -0.15) is 0 Å². The molecule has 0 unspecified atom stereocenters. The first-order valence-corrected chi connectivity index (χ1v) is 13.4. The molecule has 2 atom stereocenters. The topological polar surface area (TPSA) is 46.6 Å². The molecule has 5 nitrogen and oxygen atoms in total. The van der Waals surface area contributed by atoms with Gasteiger partial charge in [0.25, 0.3) is 0 Å². The fraction of sp³-hybridized carbons (Fsp3) is 0.517. The zero-order valence-corrected chi connectivity index (χ0v) is 21.4. The first-order valence-electron chi connectivity index (χ1n) is 13.1. The number of fused-ring (bicyclic) bond motifs is 3. The average Bonchev–Trinajstić information content (AvgIpc) is 2.89. The van der Waals surface area contributed by atoms with Gasteiger partial charge in [-0.05, 0) is 50.6 Å². The van der Waals surface area contributed by atoms with E-state index in [1.54, 1.807) is 12.1 Å². The van der Waals surface area contributed by atoms with Gasteiger partial charge in [-0.25, -0.2) is 4.79 Å². The number of quaternary nitrogens is 1. The van der Waals surface area contributed by atoms with Crippen molar-refractivity contribution < 1.29 is 18.8 Å². The van der Waals surface area contributed by atoms with Crippen LogP contribution in [0.2, 0.25) is 5.02 Å². The van der Waals surface area contributed by atoms with E-state index in [-0.39, 0.29) is 17.9 Å². The van der Waals surface area contributed by atoms with E-state index >= 15 is 0 Å². The predicted octanol–water partition coefficient (Wildman–Crippen LogP) is 5.08. The Kier molecular flexibility index (Phi) is 7.02. The highest BCUT2D eigenvalue weighted by atomic mass is 35.5. The van der Waals surface area contributed by atoms with E-state index in [4.69, 9.17) is 16.3 Å². The molecule has 4 aliphatic heterocycles. The number of carbonyl (C=O) groups is 2. The summed E-state index contributed by atoms with van der Waals surface area (Å²) in [6.07, 6.45) is 5.26. The molecule has 186 valence electrons. The Morgan fingerprint density at radius 2 is 1.74 bits per heavy atom. The first-order chi connectivity index (χ1) is 16.9. The zero-order valence-electron chi connectivity index (χ0n) is 20.6. The number of benzene rings is 2. The summed E-state index contributed by atoms with van der Waals surface area (Å²) in [6, 6.07) is 17.3. The highest BCUT2D eigenvalue weighted by Gasteiger charge is 2.51. The number of nitrogens with zero attached hydrogens (tertiary/aromatic N) is 2. The number of rotatable bonds is 7. The summed E-state index contributed by atoms with van der Waals surface area (Å²) < 4.78 is 7.10. The van der Waals surface area contributed by atoms with Crippen LogP contribution in [-0.4, -0.2) is 66.5 Å². The molecule has 0 spiro atoms. The second-order valence-corrected chi connectivity index (χ2v) is 11.3. The summed E-state index contributed by atoms with van der Waals surface area (Å²) in [5.74, 6) is 0.339. The molecule has 4 fully saturated rings. The first kappa shape index (κ1) is 24.5. The minimum absolute atomic E-state index is 0.111. The third-order valence-corrected chi connectivity index (χ3v) is 8.88. The number of halogens is 1. The van der Waals surface area contributed by atoms with Crippen molar-refractivity contribution in [1.29, 1.82) is 0 Å². The van der Waals surface area contributed by atoms with E-state index in [2.05, 4.69) is 4.90 Å². The standard InChI is InChI=1S/C29H36ClN2O3/c1-29(24-10-4-2-5-11-24,31-15-6-3-7-16-31)28(34)35-27-21-32(17-13-22(27)14-18-32)20-26(33)23-9-8-12-25(30)19-23/h2,4-5,8-12,19,22,27H,3,6-7,13-18,20-21H2,1H3/q+1/t22?,27-,29-,32?/m0/s1. The summed E-state index contributed by atoms with van der Waals surface area (Å²) in [6.45, 7) is 6.92. The maximum atomic E-state index is 13.9. The quantitative estimate of drug-likeness (QED) is 0.305. The normalized spacial score (nSPS) is 28.3. The van der Waals surface area contributed by atoms with Crippen molar-refractivity contribution >= 4 is 23.4 Å². The maximum absolute atomic E-state index is 13.9. The Morgan fingerprint density at radius 3 is 2.43 bits per heavy atom. The molecule has 35 heavy (non-hydrogen) atoms. The molecule has 0 radical (unpaired) electrons. The van der Waals surface area contributed by atoms with E-state index < -0.39 is 5.54 Å². The highest BCUT2D eigenvalue weighted by molar-refractivity contribution is 6.31. The number of Topliss-reactive ketones (excluding diaryl/α,β-unsaturated/α-hetero) is 1. The molecular formula is C29H36ClN2O3+. The summed E-state index contributed by atoms with van der Waals surface area (Å²) in [5.41, 5.74) is 0.857. The minimum atomic E-state index is -0.796. The van der Waals surface area contributed by atoms with Crippen LogP contribution in [0.1, 0.15) is 54.9 Å². The van der Waals surface area contributed by atoms with Gasteiger partial charge in [-0.3, -0.25) is 9.69 Å². The van der Waals surface area contributed by atoms with Crippen LogP contribution in [0.4, 0.5) is 0 Å². The number of esters is 1. The minimum Gasteiger partial charge on any atom is -0.454 e. The number of likely N-dealkylation sites (tertiary alicyclic amines) is 1. The van der Waals surface area contributed by atoms with E-state index in [0.29, 0.717) is 34.1 Å².